The summed E-state index contributed by atoms with van der Waals surface area (Å²) in [6.45, 7) is 2.18. The van der Waals surface area contributed by atoms with Crippen LogP contribution in [0.15, 0.2) is 36.4 Å². The first-order valence-corrected chi connectivity index (χ1v) is 8.43. The van der Waals surface area contributed by atoms with E-state index in [1.54, 1.807) is 23.1 Å². The maximum Gasteiger partial charge on any atom is 0.335 e. The summed E-state index contributed by atoms with van der Waals surface area (Å²) in [6, 6.07) is 8.81. The highest BCUT2D eigenvalue weighted by Gasteiger charge is 2.33. The van der Waals surface area contributed by atoms with Gasteiger partial charge in [-0.1, -0.05) is 23.7 Å². The minimum Gasteiger partial charge on any atom is -0.478 e. The number of amides is 1. The molecule has 0 radical (unpaired) electrons. The Labute approximate surface area is 149 Å². The van der Waals surface area contributed by atoms with E-state index in [1.165, 1.54) is 18.2 Å². The lowest BCUT2D eigenvalue weighted by Crippen LogP contribution is -2.34. The van der Waals surface area contributed by atoms with Crippen molar-refractivity contribution in [1.29, 1.82) is 0 Å². The fourth-order valence-corrected chi connectivity index (χ4v) is 3.63. The largest absolute Gasteiger partial charge is 0.478 e. The van der Waals surface area contributed by atoms with Gasteiger partial charge in [-0.3, -0.25) is 4.79 Å². The number of carbonyl (C=O) groups is 2. The third kappa shape index (κ3) is 3.12. The van der Waals surface area contributed by atoms with Gasteiger partial charge >= 0.3 is 5.97 Å². The molecule has 4 nitrogen and oxygen atoms in total. The molecule has 1 unspecified atom stereocenters. The van der Waals surface area contributed by atoms with Crippen LogP contribution in [0.5, 0.6) is 0 Å². The standard InChI is InChI=1S/C19H17ClFNO3/c1-2-22(18(23)17-14(20)4-3-5-15(17)21)16-9-8-11-6-7-12(19(24)25)10-13(11)16/h3-7,10,16H,2,8-9H2,1H3,(H,24,25). The monoisotopic (exact) mass is 361 g/mol. The lowest BCUT2D eigenvalue weighted by molar-refractivity contribution is 0.0683. The molecule has 0 aromatic heterocycles. The number of aryl methyl sites for hydroxylation is 1. The van der Waals surface area contributed by atoms with E-state index in [9.17, 15) is 19.1 Å². The molecule has 0 fully saturated rings. The van der Waals surface area contributed by atoms with Crippen LogP contribution >= 0.6 is 11.6 Å². The zero-order valence-electron chi connectivity index (χ0n) is 13.6. The third-order valence-electron chi connectivity index (χ3n) is 4.59. The van der Waals surface area contributed by atoms with E-state index in [2.05, 4.69) is 0 Å². The molecule has 3 rings (SSSR count). The second kappa shape index (κ2) is 6.84. The maximum absolute atomic E-state index is 14.1. The van der Waals surface area contributed by atoms with Gasteiger partial charge in [0.05, 0.1) is 22.2 Å². The average Bonchev–Trinajstić information content (AvgIpc) is 2.98. The summed E-state index contributed by atoms with van der Waals surface area (Å²) in [5.41, 5.74) is 1.86. The molecular weight excluding hydrogens is 345 g/mol. The lowest BCUT2D eigenvalue weighted by atomic mass is 10.0. The van der Waals surface area contributed by atoms with Crippen LogP contribution in [-0.4, -0.2) is 28.4 Å². The summed E-state index contributed by atoms with van der Waals surface area (Å²) >= 11 is 6.03. The van der Waals surface area contributed by atoms with E-state index in [0.717, 1.165) is 17.5 Å². The van der Waals surface area contributed by atoms with Crippen molar-refractivity contribution in [3.63, 3.8) is 0 Å². The topological polar surface area (TPSA) is 57.6 Å². The molecule has 1 aliphatic rings. The SMILES string of the molecule is CCN(C(=O)c1c(F)cccc1Cl)C1CCc2ccc(C(=O)O)cc21. The Kier molecular flexibility index (Phi) is 4.77. The summed E-state index contributed by atoms with van der Waals surface area (Å²) < 4.78 is 14.1. The highest BCUT2D eigenvalue weighted by molar-refractivity contribution is 6.33. The first-order chi connectivity index (χ1) is 11.9. The molecule has 6 heteroatoms. The number of benzene rings is 2. The van der Waals surface area contributed by atoms with E-state index < -0.39 is 17.7 Å². The normalized spacial score (nSPS) is 15.7. The molecule has 2 aromatic carbocycles. The smallest absolute Gasteiger partial charge is 0.335 e. The predicted octanol–water partition coefficient (Wildman–Crippen LogP) is 4.33. The molecule has 0 saturated carbocycles. The number of hydrogen-bond donors (Lipinski definition) is 1. The summed E-state index contributed by atoms with van der Waals surface area (Å²) in [6.07, 6.45) is 1.42. The zero-order chi connectivity index (χ0) is 18.1. The molecular formula is C19H17ClFNO3. The third-order valence-corrected chi connectivity index (χ3v) is 4.91. The Morgan fingerprint density at radius 1 is 1.32 bits per heavy atom. The molecule has 130 valence electrons. The first-order valence-electron chi connectivity index (χ1n) is 8.05. The van der Waals surface area contributed by atoms with E-state index in [0.29, 0.717) is 13.0 Å². The Morgan fingerprint density at radius 2 is 2.08 bits per heavy atom. The maximum atomic E-state index is 14.1. The van der Waals surface area contributed by atoms with Crippen molar-refractivity contribution in [2.24, 2.45) is 0 Å². The average molecular weight is 362 g/mol. The molecule has 1 atom stereocenters. The van der Waals surface area contributed by atoms with Gasteiger partial charge in [-0.2, -0.15) is 0 Å². The highest BCUT2D eigenvalue weighted by Crippen LogP contribution is 2.37. The molecule has 0 aliphatic heterocycles. The van der Waals surface area contributed by atoms with Gasteiger partial charge in [-0.15, -0.1) is 0 Å². The number of rotatable bonds is 4. The predicted molar refractivity (Wildman–Crippen MR) is 92.6 cm³/mol. The van der Waals surface area contributed by atoms with Crippen molar-refractivity contribution >= 4 is 23.5 Å². The van der Waals surface area contributed by atoms with E-state index in [4.69, 9.17) is 11.6 Å². The van der Waals surface area contributed by atoms with Crippen LogP contribution in [0.1, 0.15) is 51.2 Å². The molecule has 1 N–H and O–H groups in total. The number of fused-ring (bicyclic) bond motifs is 1. The van der Waals surface area contributed by atoms with Gasteiger partial charge < -0.3 is 10.0 Å². The highest BCUT2D eigenvalue weighted by atomic mass is 35.5. The fraction of sp³-hybridized carbons (Fsp3) is 0.263. The molecule has 1 amide bonds. The molecule has 0 bridgehead atoms. The van der Waals surface area contributed by atoms with Gasteiger partial charge in [0.1, 0.15) is 5.82 Å². The number of halogens is 2. The minimum atomic E-state index is -1.01. The van der Waals surface area contributed by atoms with E-state index in [1.807, 2.05) is 6.92 Å². The molecule has 0 heterocycles. The number of nitrogens with zero attached hydrogens (tertiary/aromatic N) is 1. The van der Waals surface area contributed by atoms with E-state index >= 15 is 0 Å². The summed E-state index contributed by atoms with van der Waals surface area (Å²) in [4.78, 5) is 25.7. The Morgan fingerprint density at radius 3 is 2.72 bits per heavy atom. The van der Waals surface area contributed by atoms with Crippen LogP contribution in [0, 0.1) is 5.82 Å². The fourth-order valence-electron chi connectivity index (χ4n) is 3.39. The quantitative estimate of drug-likeness (QED) is 0.881. The van der Waals surface area contributed by atoms with Crippen LogP contribution in [-0.2, 0) is 6.42 Å². The number of carboxylic acid groups (broad SMARTS) is 1. The van der Waals surface area contributed by atoms with Crippen molar-refractivity contribution in [1.82, 2.24) is 4.90 Å². The molecule has 0 spiro atoms. The molecule has 1 aliphatic carbocycles. The number of hydrogen-bond acceptors (Lipinski definition) is 2. The van der Waals surface area contributed by atoms with Gasteiger partial charge in [0.15, 0.2) is 0 Å². The number of carbonyl (C=O) groups excluding carboxylic acids is 1. The van der Waals surface area contributed by atoms with Crippen molar-refractivity contribution in [3.8, 4) is 0 Å². The summed E-state index contributed by atoms with van der Waals surface area (Å²) in [5, 5.41) is 9.28. The van der Waals surface area contributed by atoms with Crippen molar-refractivity contribution in [3.05, 3.63) is 69.5 Å². The lowest BCUT2D eigenvalue weighted by Gasteiger charge is -2.29. The van der Waals surface area contributed by atoms with Gasteiger partial charge in [-0.25, -0.2) is 9.18 Å². The second-order valence-corrected chi connectivity index (χ2v) is 6.37. The van der Waals surface area contributed by atoms with Crippen LogP contribution in [0.4, 0.5) is 4.39 Å². The minimum absolute atomic E-state index is 0.0703. The van der Waals surface area contributed by atoms with Crippen molar-refractivity contribution in [2.75, 3.05) is 6.54 Å². The second-order valence-electron chi connectivity index (χ2n) is 5.96. The summed E-state index contributed by atoms with van der Waals surface area (Å²) in [7, 11) is 0. The van der Waals surface area contributed by atoms with Crippen LogP contribution in [0.2, 0.25) is 5.02 Å². The summed E-state index contributed by atoms with van der Waals surface area (Å²) in [5.74, 6) is -2.15. The van der Waals surface area contributed by atoms with Gasteiger partial charge in [0.2, 0.25) is 0 Å². The number of aromatic carboxylic acids is 1. The van der Waals surface area contributed by atoms with Crippen LogP contribution < -0.4 is 0 Å². The Bertz CT molecular complexity index is 832. The van der Waals surface area contributed by atoms with Gasteiger partial charge in [0, 0.05) is 6.54 Å². The van der Waals surface area contributed by atoms with Gasteiger partial charge in [0.25, 0.3) is 5.91 Å². The molecule has 2 aromatic rings. The Balaban J connectivity index is 2.00. The zero-order valence-corrected chi connectivity index (χ0v) is 14.4. The van der Waals surface area contributed by atoms with Crippen LogP contribution in [0.25, 0.3) is 0 Å². The van der Waals surface area contributed by atoms with Crippen molar-refractivity contribution < 1.29 is 19.1 Å². The van der Waals surface area contributed by atoms with E-state index in [-0.39, 0.29) is 22.2 Å². The Hall–Kier alpha value is -2.40. The number of carboxylic acids is 1. The van der Waals surface area contributed by atoms with Crippen LogP contribution in [0.3, 0.4) is 0 Å². The van der Waals surface area contributed by atoms with Crippen molar-refractivity contribution in [2.45, 2.75) is 25.8 Å². The first kappa shape index (κ1) is 17.4. The molecule has 25 heavy (non-hydrogen) atoms. The molecule has 0 saturated heterocycles. The van der Waals surface area contributed by atoms with Gasteiger partial charge in [-0.05, 0) is 55.2 Å².